The van der Waals surface area contributed by atoms with E-state index in [0.717, 1.165) is 6.54 Å². The maximum absolute atomic E-state index is 11.9. The second kappa shape index (κ2) is 6.15. The summed E-state index contributed by atoms with van der Waals surface area (Å²) in [5.74, 6) is 0.275. The number of carbonyl (C=O) groups excluding carboxylic acids is 1. The third-order valence-corrected chi connectivity index (χ3v) is 3.70. The third-order valence-electron chi connectivity index (χ3n) is 3.40. The lowest BCUT2D eigenvalue weighted by atomic mass is 9.85. The highest BCUT2D eigenvalue weighted by Crippen LogP contribution is 2.32. The average molecular weight is 283 g/mol. The number of anilines is 2. The summed E-state index contributed by atoms with van der Waals surface area (Å²) in [4.78, 5) is 11.9. The standard InChI is InChI=1S/C14H19ClN2O2/c1-2-19-14(18)11-6-10(16)7-12(15)13(11)17-8-9-4-3-5-9/h6-7,9,17H,2-5,8,16H2,1H3. The Balaban J connectivity index is 2.19. The van der Waals surface area contributed by atoms with Crippen LogP contribution in [0.3, 0.4) is 0 Å². The van der Waals surface area contributed by atoms with Gasteiger partial charge in [0.15, 0.2) is 0 Å². The molecule has 0 bridgehead atoms. The molecule has 0 amide bonds. The lowest BCUT2D eigenvalue weighted by Gasteiger charge is -2.26. The fraction of sp³-hybridized carbons (Fsp3) is 0.500. The molecule has 0 radical (unpaired) electrons. The molecule has 0 aliphatic heterocycles. The minimum Gasteiger partial charge on any atom is -0.462 e. The molecular weight excluding hydrogens is 264 g/mol. The Morgan fingerprint density at radius 2 is 2.26 bits per heavy atom. The lowest BCUT2D eigenvalue weighted by Crippen LogP contribution is -2.22. The molecule has 0 heterocycles. The van der Waals surface area contributed by atoms with Crippen molar-refractivity contribution < 1.29 is 9.53 Å². The molecule has 1 aliphatic rings. The number of halogens is 1. The molecule has 1 aromatic rings. The van der Waals surface area contributed by atoms with E-state index in [-0.39, 0.29) is 0 Å². The van der Waals surface area contributed by atoms with Crippen LogP contribution in [-0.4, -0.2) is 19.1 Å². The van der Waals surface area contributed by atoms with Gasteiger partial charge in [0.2, 0.25) is 0 Å². The molecule has 1 fully saturated rings. The third kappa shape index (κ3) is 3.32. The van der Waals surface area contributed by atoms with Gasteiger partial charge in [-0.05, 0) is 37.8 Å². The highest BCUT2D eigenvalue weighted by molar-refractivity contribution is 6.34. The van der Waals surface area contributed by atoms with Crippen LogP contribution in [0.4, 0.5) is 11.4 Å². The summed E-state index contributed by atoms with van der Waals surface area (Å²) in [6.45, 7) is 2.93. The molecule has 1 aliphatic carbocycles. The van der Waals surface area contributed by atoms with Crippen LogP contribution in [0.2, 0.25) is 5.02 Å². The van der Waals surface area contributed by atoms with Gasteiger partial charge in [-0.1, -0.05) is 18.0 Å². The Morgan fingerprint density at radius 3 is 2.84 bits per heavy atom. The van der Waals surface area contributed by atoms with Crippen molar-refractivity contribution in [2.24, 2.45) is 5.92 Å². The average Bonchev–Trinajstić information content (AvgIpc) is 2.29. The summed E-state index contributed by atoms with van der Waals surface area (Å²) >= 11 is 6.17. The quantitative estimate of drug-likeness (QED) is 0.642. The van der Waals surface area contributed by atoms with Crippen molar-refractivity contribution in [3.63, 3.8) is 0 Å². The first-order chi connectivity index (χ1) is 9.11. The predicted molar refractivity (Wildman–Crippen MR) is 77.7 cm³/mol. The minimum atomic E-state index is -0.396. The molecule has 0 spiro atoms. The van der Waals surface area contributed by atoms with Gasteiger partial charge in [0.1, 0.15) is 0 Å². The first-order valence-corrected chi connectivity index (χ1v) is 6.99. The monoisotopic (exact) mass is 282 g/mol. The van der Waals surface area contributed by atoms with Crippen molar-refractivity contribution in [3.05, 3.63) is 22.7 Å². The molecule has 19 heavy (non-hydrogen) atoms. The van der Waals surface area contributed by atoms with Crippen molar-refractivity contribution in [2.75, 3.05) is 24.2 Å². The molecule has 104 valence electrons. The molecule has 1 saturated carbocycles. The number of nitrogens with two attached hydrogens (primary N) is 1. The molecule has 1 aromatic carbocycles. The van der Waals surface area contributed by atoms with Gasteiger partial charge in [0.25, 0.3) is 0 Å². The van der Waals surface area contributed by atoms with Crippen molar-refractivity contribution in [2.45, 2.75) is 26.2 Å². The lowest BCUT2D eigenvalue weighted by molar-refractivity contribution is 0.0527. The number of carbonyl (C=O) groups is 1. The Labute approximate surface area is 118 Å². The highest BCUT2D eigenvalue weighted by atomic mass is 35.5. The van der Waals surface area contributed by atoms with E-state index in [2.05, 4.69) is 5.32 Å². The van der Waals surface area contributed by atoms with Crippen LogP contribution in [-0.2, 0) is 4.74 Å². The van der Waals surface area contributed by atoms with Crippen LogP contribution in [0, 0.1) is 5.92 Å². The Kier molecular flexibility index (Phi) is 4.53. The summed E-state index contributed by atoms with van der Waals surface area (Å²) in [5.41, 5.74) is 7.23. The molecule has 0 saturated heterocycles. The number of hydrogen-bond acceptors (Lipinski definition) is 4. The molecule has 5 heteroatoms. The van der Waals surface area contributed by atoms with Gasteiger partial charge in [-0.25, -0.2) is 4.79 Å². The maximum atomic E-state index is 11.9. The largest absolute Gasteiger partial charge is 0.462 e. The molecule has 4 nitrogen and oxygen atoms in total. The van der Waals surface area contributed by atoms with Crippen LogP contribution in [0.25, 0.3) is 0 Å². The van der Waals surface area contributed by atoms with Crippen LogP contribution in [0.1, 0.15) is 36.5 Å². The summed E-state index contributed by atoms with van der Waals surface area (Å²) in [6, 6.07) is 3.25. The highest BCUT2D eigenvalue weighted by Gasteiger charge is 2.20. The smallest absolute Gasteiger partial charge is 0.340 e. The van der Waals surface area contributed by atoms with Gasteiger partial charge in [-0.15, -0.1) is 0 Å². The van der Waals surface area contributed by atoms with Gasteiger partial charge < -0.3 is 15.8 Å². The Bertz CT molecular complexity index is 473. The van der Waals surface area contributed by atoms with E-state index in [1.54, 1.807) is 19.1 Å². The van der Waals surface area contributed by atoms with Crippen molar-refractivity contribution in [3.8, 4) is 0 Å². The summed E-state index contributed by atoms with van der Waals surface area (Å²) in [5, 5.41) is 3.72. The molecule has 0 atom stereocenters. The van der Waals surface area contributed by atoms with Crippen LogP contribution >= 0.6 is 11.6 Å². The maximum Gasteiger partial charge on any atom is 0.340 e. The van der Waals surface area contributed by atoms with Crippen LogP contribution in [0.5, 0.6) is 0 Å². The molecular formula is C14H19ClN2O2. The van der Waals surface area contributed by atoms with Crippen LogP contribution < -0.4 is 11.1 Å². The van der Waals surface area contributed by atoms with E-state index in [1.165, 1.54) is 19.3 Å². The molecule has 0 unspecified atom stereocenters. The second-order valence-corrected chi connectivity index (χ2v) is 5.23. The fourth-order valence-electron chi connectivity index (χ4n) is 2.12. The summed E-state index contributed by atoms with van der Waals surface area (Å²) in [7, 11) is 0. The first kappa shape index (κ1) is 14.0. The normalized spacial score (nSPS) is 14.8. The predicted octanol–water partition coefficient (Wildman–Crippen LogP) is 3.31. The number of hydrogen-bond donors (Lipinski definition) is 2. The number of nitrogens with one attached hydrogen (secondary N) is 1. The van der Waals surface area contributed by atoms with Crippen molar-refractivity contribution in [1.29, 1.82) is 0 Å². The zero-order valence-electron chi connectivity index (χ0n) is 11.0. The summed E-state index contributed by atoms with van der Waals surface area (Å²) in [6.07, 6.45) is 3.75. The zero-order chi connectivity index (χ0) is 13.8. The first-order valence-electron chi connectivity index (χ1n) is 6.61. The van der Waals surface area contributed by atoms with Crippen molar-refractivity contribution >= 4 is 28.9 Å². The number of esters is 1. The van der Waals surface area contributed by atoms with E-state index in [0.29, 0.717) is 34.5 Å². The van der Waals surface area contributed by atoms with E-state index in [1.807, 2.05) is 0 Å². The van der Waals surface area contributed by atoms with E-state index >= 15 is 0 Å². The van der Waals surface area contributed by atoms with Gasteiger partial charge in [0.05, 0.1) is 22.9 Å². The second-order valence-electron chi connectivity index (χ2n) is 4.82. The number of nitrogen functional groups attached to an aromatic ring is 1. The van der Waals surface area contributed by atoms with Gasteiger partial charge in [-0.2, -0.15) is 0 Å². The molecule has 0 aromatic heterocycles. The van der Waals surface area contributed by atoms with E-state index in [4.69, 9.17) is 22.1 Å². The van der Waals surface area contributed by atoms with E-state index in [9.17, 15) is 4.79 Å². The summed E-state index contributed by atoms with van der Waals surface area (Å²) < 4.78 is 5.03. The fourth-order valence-corrected chi connectivity index (χ4v) is 2.42. The number of ether oxygens (including phenoxy) is 1. The SMILES string of the molecule is CCOC(=O)c1cc(N)cc(Cl)c1NCC1CCC1. The number of rotatable bonds is 5. The van der Waals surface area contributed by atoms with Gasteiger partial charge in [0, 0.05) is 12.2 Å². The topological polar surface area (TPSA) is 64.3 Å². The van der Waals surface area contributed by atoms with Gasteiger partial charge in [-0.3, -0.25) is 0 Å². The van der Waals surface area contributed by atoms with Crippen LogP contribution in [0.15, 0.2) is 12.1 Å². The van der Waals surface area contributed by atoms with Crippen molar-refractivity contribution in [1.82, 2.24) is 0 Å². The number of benzene rings is 1. The zero-order valence-corrected chi connectivity index (χ0v) is 11.8. The van der Waals surface area contributed by atoms with E-state index < -0.39 is 5.97 Å². The minimum absolute atomic E-state index is 0.327. The molecule has 2 rings (SSSR count). The Hall–Kier alpha value is -1.42. The Morgan fingerprint density at radius 1 is 1.53 bits per heavy atom. The molecule has 3 N–H and O–H groups in total. The van der Waals surface area contributed by atoms with Gasteiger partial charge >= 0.3 is 5.97 Å².